The maximum Gasteiger partial charge on any atom is 0.339 e. The number of anilines is 1. The summed E-state index contributed by atoms with van der Waals surface area (Å²) in [6.45, 7) is 0. The lowest BCUT2D eigenvalue weighted by Gasteiger charge is -2.06. The second-order valence-electron chi connectivity index (χ2n) is 2.44. The van der Waals surface area contributed by atoms with Crippen LogP contribution in [-0.4, -0.2) is 13.1 Å². The fraction of sp³-hybridized carbons (Fsp3) is 0.125. The van der Waals surface area contributed by atoms with Gasteiger partial charge in [0.1, 0.15) is 0 Å². The van der Waals surface area contributed by atoms with E-state index in [4.69, 9.17) is 17.3 Å². The lowest BCUT2D eigenvalue weighted by atomic mass is 10.2. The van der Waals surface area contributed by atoms with E-state index in [9.17, 15) is 13.6 Å². The number of esters is 1. The average Bonchev–Trinajstić information content (AvgIpc) is 2.19. The van der Waals surface area contributed by atoms with Crippen molar-refractivity contribution in [2.75, 3.05) is 12.8 Å². The molecule has 0 bridgehead atoms. The largest absolute Gasteiger partial charge is 0.465 e. The molecule has 0 saturated carbocycles. The topological polar surface area (TPSA) is 52.3 Å². The Balaban J connectivity index is 3.40. The maximum absolute atomic E-state index is 12.8. The van der Waals surface area contributed by atoms with E-state index in [1.54, 1.807) is 0 Å². The number of nitrogen functional groups attached to an aromatic ring is 1. The number of nitrogens with two attached hydrogens (primary N) is 1. The molecule has 0 aliphatic carbocycles. The standard InChI is InChI=1S/C8H6ClF2NO2/c1-14-8(13)3-2-4(10)6(11)7(12)5(3)9/h2H,12H2,1H3. The van der Waals surface area contributed by atoms with Crippen LogP contribution in [0.1, 0.15) is 10.4 Å². The third kappa shape index (κ3) is 1.63. The van der Waals surface area contributed by atoms with E-state index in [0.29, 0.717) is 6.07 Å². The van der Waals surface area contributed by atoms with Crippen molar-refractivity contribution in [3.63, 3.8) is 0 Å². The smallest absolute Gasteiger partial charge is 0.339 e. The van der Waals surface area contributed by atoms with Gasteiger partial charge < -0.3 is 10.5 Å². The first kappa shape index (κ1) is 10.7. The first-order valence-electron chi connectivity index (χ1n) is 3.50. The summed E-state index contributed by atoms with van der Waals surface area (Å²) in [5, 5.41) is -0.351. The molecule has 0 fully saturated rings. The first-order chi connectivity index (χ1) is 6.49. The molecule has 0 radical (unpaired) electrons. The summed E-state index contributed by atoms with van der Waals surface area (Å²) in [6.07, 6.45) is 0. The molecule has 0 spiro atoms. The second-order valence-corrected chi connectivity index (χ2v) is 2.82. The molecule has 76 valence electrons. The molecule has 0 unspecified atom stereocenters. The fourth-order valence-electron chi connectivity index (χ4n) is 0.882. The van der Waals surface area contributed by atoms with Crippen molar-refractivity contribution in [2.24, 2.45) is 0 Å². The number of benzene rings is 1. The van der Waals surface area contributed by atoms with Gasteiger partial charge in [-0.05, 0) is 6.07 Å². The third-order valence-electron chi connectivity index (χ3n) is 1.60. The van der Waals surface area contributed by atoms with Gasteiger partial charge in [-0.1, -0.05) is 11.6 Å². The average molecular weight is 222 g/mol. The van der Waals surface area contributed by atoms with Crippen LogP contribution in [0.25, 0.3) is 0 Å². The zero-order valence-corrected chi connectivity index (χ0v) is 7.86. The summed E-state index contributed by atoms with van der Waals surface area (Å²) in [5.74, 6) is -3.39. The van der Waals surface area contributed by atoms with Gasteiger partial charge in [0.15, 0.2) is 11.6 Å². The minimum atomic E-state index is -1.28. The lowest BCUT2D eigenvalue weighted by Crippen LogP contribution is -2.07. The SMILES string of the molecule is COC(=O)c1cc(F)c(F)c(N)c1Cl. The third-order valence-corrected chi connectivity index (χ3v) is 2.00. The number of carbonyl (C=O) groups is 1. The lowest BCUT2D eigenvalue weighted by molar-refractivity contribution is 0.0600. The summed E-state index contributed by atoms with van der Waals surface area (Å²) < 4.78 is 29.9. The predicted molar refractivity (Wildman–Crippen MR) is 47.1 cm³/mol. The summed E-state index contributed by atoms with van der Waals surface area (Å²) in [6, 6.07) is 0.639. The van der Waals surface area contributed by atoms with Crippen molar-refractivity contribution in [2.45, 2.75) is 0 Å². The molecule has 0 saturated heterocycles. The molecule has 1 aromatic carbocycles. The maximum atomic E-state index is 12.8. The van der Waals surface area contributed by atoms with Gasteiger partial charge in [0, 0.05) is 0 Å². The zero-order chi connectivity index (χ0) is 10.9. The van der Waals surface area contributed by atoms with Crippen LogP contribution in [0.3, 0.4) is 0 Å². The number of hydrogen-bond donors (Lipinski definition) is 1. The van der Waals surface area contributed by atoms with E-state index >= 15 is 0 Å². The Kier molecular flexibility index (Phi) is 2.90. The molecule has 14 heavy (non-hydrogen) atoms. The number of methoxy groups -OCH3 is 1. The monoisotopic (exact) mass is 221 g/mol. The van der Waals surface area contributed by atoms with Crippen LogP contribution < -0.4 is 5.73 Å². The van der Waals surface area contributed by atoms with E-state index in [1.807, 2.05) is 0 Å². The highest BCUT2D eigenvalue weighted by atomic mass is 35.5. The Bertz CT molecular complexity index is 395. The quantitative estimate of drug-likeness (QED) is 0.448. The van der Waals surface area contributed by atoms with Crippen LogP contribution in [0.5, 0.6) is 0 Å². The number of carbonyl (C=O) groups excluding carboxylic acids is 1. The predicted octanol–water partition coefficient (Wildman–Crippen LogP) is 1.99. The van der Waals surface area contributed by atoms with Crippen molar-refractivity contribution >= 4 is 23.3 Å². The molecule has 0 aromatic heterocycles. The first-order valence-corrected chi connectivity index (χ1v) is 3.88. The Labute approximate surface area is 83.4 Å². The number of hydrogen-bond acceptors (Lipinski definition) is 3. The van der Waals surface area contributed by atoms with Crippen LogP contribution in [0.15, 0.2) is 6.07 Å². The molecule has 6 heteroatoms. The molecule has 1 rings (SSSR count). The summed E-state index contributed by atoms with van der Waals surface area (Å²) in [5.41, 5.74) is 4.22. The van der Waals surface area contributed by atoms with Gasteiger partial charge in [-0.3, -0.25) is 0 Å². The number of halogens is 3. The summed E-state index contributed by atoms with van der Waals surface area (Å²) in [4.78, 5) is 11.0. The Morgan fingerprint density at radius 3 is 2.64 bits per heavy atom. The van der Waals surface area contributed by atoms with Crippen LogP contribution >= 0.6 is 11.6 Å². The van der Waals surface area contributed by atoms with Crippen molar-refractivity contribution in [1.82, 2.24) is 0 Å². The minimum Gasteiger partial charge on any atom is -0.465 e. The van der Waals surface area contributed by atoms with Gasteiger partial charge in [0.2, 0.25) is 0 Å². The van der Waals surface area contributed by atoms with E-state index in [1.165, 1.54) is 0 Å². The minimum absolute atomic E-state index is 0.300. The highest BCUT2D eigenvalue weighted by molar-refractivity contribution is 6.36. The number of rotatable bonds is 1. The summed E-state index contributed by atoms with van der Waals surface area (Å²) >= 11 is 5.51. The molecule has 0 heterocycles. The van der Waals surface area contributed by atoms with E-state index in [2.05, 4.69) is 4.74 Å². The van der Waals surface area contributed by atoms with E-state index in [0.717, 1.165) is 7.11 Å². The van der Waals surface area contributed by atoms with Gasteiger partial charge in [0.25, 0.3) is 0 Å². The van der Waals surface area contributed by atoms with Crippen molar-refractivity contribution < 1.29 is 18.3 Å². The van der Waals surface area contributed by atoms with Crippen LogP contribution in [-0.2, 0) is 4.74 Å². The van der Waals surface area contributed by atoms with Crippen LogP contribution in [0.2, 0.25) is 5.02 Å². The van der Waals surface area contributed by atoms with E-state index in [-0.39, 0.29) is 10.6 Å². The molecule has 0 aliphatic rings. The molecule has 1 aromatic rings. The second kappa shape index (κ2) is 3.79. The molecule has 3 nitrogen and oxygen atoms in total. The molecular formula is C8H6ClF2NO2. The Hall–Kier alpha value is -1.36. The molecular weight excluding hydrogens is 216 g/mol. The number of ether oxygens (including phenoxy) is 1. The highest BCUT2D eigenvalue weighted by Gasteiger charge is 2.19. The van der Waals surface area contributed by atoms with Crippen LogP contribution in [0.4, 0.5) is 14.5 Å². The Morgan fingerprint density at radius 1 is 1.57 bits per heavy atom. The van der Waals surface area contributed by atoms with Crippen molar-refractivity contribution in [3.05, 3.63) is 28.3 Å². The van der Waals surface area contributed by atoms with Gasteiger partial charge in [0.05, 0.1) is 23.4 Å². The zero-order valence-electron chi connectivity index (χ0n) is 7.11. The summed E-state index contributed by atoms with van der Waals surface area (Å²) in [7, 11) is 1.09. The normalized spacial score (nSPS) is 10.0. The Morgan fingerprint density at radius 2 is 2.14 bits per heavy atom. The van der Waals surface area contributed by atoms with Gasteiger partial charge in [-0.15, -0.1) is 0 Å². The molecule has 0 amide bonds. The van der Waals surface area contributed by atoms with Crippen molar-refractivity contribution in [1.29, 1.82) is 0 Å². The van der Waals surface area contributed by atoms with E-state index < -0.39 is 23.3 Å². The molecule has 0 aliphatic heterocycles. The van der Waals surface area contributed by atoms with Crippen LogP contribution in [0, 0.1) is 11.6 Å². The van der Waals surface area contributed by atoms with Gasteiger partial charge in [-0.2, -0.15) is 0 Å². The van der Waals surface area contributed by atoms with Gasteiger partial charge in [-0.25, -0.2) is 13.6 Å². The molecule has 2 N–H and O–H groups in total. The van der Waals surface area contributed by atoms with Gasteiger partial charge >= 0.3 is 5.97 Å². The molecule has 0 atom stereocenters. The van der Waals surface area contributed by atoms with Crippen molar-refractivity contribution in [3.8, 4) is 0 Å². The fourth-order valence-corrected chi connectivity index (χ4v) is 1.10. The highest BCUT2D eigenvalue weighted by Crippen LogP contribution is 2.28.